The molecule has 1 fully saturated rings. The van der Waals surface area contributed by atoms with E-state index >= 15 is 0 Å². The maximum atomic E-state index is 12.4. The second-order valence-corrected chi connectivity index (χ2v) is 6.11. The van der Waals surface area contributed by atoms with Gasteiger partial charge in [-0.15, -0.1) is 0 Å². The third-order valence-corrected chi connectivity index (χ3v) is 3.94. The zero-order valence-corrected chi connectivity index (χ0v) is 12.7. The maximum absolute atomic E-state index is 12.4. The Labute approximate surface area is 120 Å². The molecule has 1 aliphatic carbocycles. The Morgan fingerprint density at radius 2 is 2.15 bits per heavy atom. The largest absolute Gasteiger partial charge is 0.493 e. The summed E-state index contributed by atoms with van der Waals surface area (Å²) in [5.41, 5.74) is 1.25. The van der Waals surface area contributed by atoms with Gasteiger partial charge >= 0.3 is 0 Å². The summed E-state index contributed by atoms with van der Waals surface area (Å²) >= 11 is 0. The van der Waals surface area contributed by atoms with E-state index in [2.05, 4.69) is 44.1 Å². The van der Waals surface area contributed by atoms with E-state index in [1.807, 2.05) is 0 Å². The molecule has 4 nitrogen and oxygen atoms in total. The summed E-state index contributed by atoms with van der Waals surface area (Å²) < 4.78 is 5.20. The Morgan fingerprint density at radius 3 is 2.75 bits per heavy atom. The minimum Gasteiger partial charge on any atom is -0.493 e. The van der Waals surface area contributed by atoms with Crippen molar-refractivity contribution in [2.75, 3.05) is 12.4 Å². The highest BCUT2D eigenvalue weighted by Gasteiger charge is 2.60. The average molecular weight is 274 g/mol. The number of amides is 1. The van der Waals surface area contributed by atoms with Crippen LogP contribution in [-0.2, 0) is 4.79 Å². The van der Waals surface area contributed by atoms with Crippen LogP contribution in [0, 0.1) is 17.3 Å². The summed E-state index contributed by atoms with van der Waals surface area (Å²) in [6.07, 6.45) is 3.82. The average Bonchev–Trinajstić information content (AvgIpc) is 2.90. The van der Waals surface area contributed by atoms with Crippen molar-refractivity contribution in [3.63, 3.8) is 0 Å². The van der Waals surface area contributed by atoms with Crippen LogP contribution in [0.25, 0.3) is 0 Å². The molecule has 1 amide bonds. The lowest BCUT2D eigenvalue weighted by atomic mass is 10.1. The molecular weight excluding hydrogens is 252 g/mol. The fraction of sp³-hybridized carbons (Fsp3) is 0.500. The van der Waals surface area contributed by atoms with Crippen molar-refractivity contribution < 1.29 is 9.53 Å². The van der Waals surface area contributed by atoms with Gasteiger partial charge in [-0.1, -0.05) is 25.5 Å². The Morgan fingerprint density at radius 1 is 1.45 bits per heavy atom. The van der Waals surface area contributed by atoms with E-state index in [4.69, 9.17) is 4.74 Å². The smallest absolute Gasteiger partial charge is 0.229 e. The SMILES string of the molecule is COc1cccnc1NC(=O)[C@H]1[C@@H](C=C(C)C)C1(C)C. The first-order valence-corrected chi connectivity index (χ1v) is 6.83. The number of methoxy groups -OCH3 is 1. The molecule has 0 aromatic carbocycles. The highest BCUT2D eigenvalue weighted by Crippen LogP contribution is 2.59. The summed E-state index contributed by atoms with van der Waals surface area (Å²) in [5.74, 6) is 1.36. The second kappa shape index (κ2) is 5.27. The molecule has 4 heteroatoms. The number of hydrogen-bond donors (Lipinski definition) is 1. The molecule has 0 bridgehead atoms. The number of pyridine rings is 1. The maximum Gasteiger partial charge on any atom is 0.229 e. The number of rotatable bonds is 4. The van der Waals surface area contributed by atoms with Crippen molar-refractivity contribution in [1.29, 1.82) is 0 Å². The molecule has 2 rings (SSSR count). The minimum absolute atomic E-state index is 0.00334. The number of carbonyl (C=O) groups excluding carboxylic acids is 1. The fourth-order valence-corrected chi connectivity index (χ4v) is 2.69. The van der Waals surface area contributed by atoms with E-state index in [-0.39, 0.29) is 17.2 Å². The molecule has 2 atom stereocenters. The first-order chi connectivity index (χ1) is 9.37. The molecule has 108 valence electrons. The third kappa shape index (κ3) is 2.69. The highest BCUT2D eigenvalue weighted by molar-refractivity contribution is 5.96. The van der Waals surface area contributed by atoms with Crippen molar-refractivity contribution in [3.8, 4) is 5.75 Å². The standard InChI is InChI=1S/C16H22N2O2/c1-10(2)9-11-13(16(11,3)4)15(19)18-14-12(20-5)7-6-8-17-14/h6-9,11,13H,1-5H3,(H,17,18,19)/t11-,13-/m1/s1. The lowest BCUT2D eigenvalue weighted by Gasteiger charge is -2.09. The van der Waals surface area contributed by atoms with E-state index in [0.717, 1.165) is 0 Å². The predicted molar refractivity (Wildman–Crippen MR) is 79.6 cm³/mol. The van der Waals surface area contributed by atoms with Crippen LogP contribution < -0.4 is 10.1 Å². The number of allylic oxidation sites excluding steroid dienone is 2. The van der Waals surface area contributed by atoms with Crippen LogP contribution in [0.1, 0.15) is 27.7 Å². The highest BCUT2D eigenvalue weighted by atomic mass is 16.5. The number of anilines is 1. The first-order valence-electron chi connectivity index (χ1n) is 6.83. The van der Waals surface area contributed by atoms with Gasteiger partial charge < -0.3 is 10.1 Å². The van der Waals surface area contributed by atoms with Crippen molar-refractivity contribution in [2.24, 2.45) is 17.3 Å². The summed E-state index contributed by atoms with van der Waals surface area (Å²) in [7, 11) is 1.57. The van der Waals surface area contributed by atoms with Crippen LogP contribution in [0.15, 0.2) is 30.0 Å². The Kier molecular flexibility index (Phi) is 3.84. The Bertz CT molecular complexity index is 545. The van der Waals surface area contributed by atoms with Gasteiger partial charge in [0.1, 0.15) is 0 Å². The van der Waals surface area contributed by atoms with Crippen molar-refractivity contribution in [1.82, 2.24) is 4.98 Å². The van der Waals surface area contributed by atoms with Gasteiger partial charge in [-0.2, -0.15) is 0 Å². The van der Waals surface area contributed by atoms with Crippen LogP contribution in [0.4, 0.5) is 5.82 Å². The Hall–Kier alpha value is -1.84. The van der Waals surface area contributed by atoms with Gasteiger partial charge in [0.15, 0.2) is 11.6 Å². The van der Waals surface area contributed by atoms with Gasteiger partial charge in [0.25, 0.3) is 0 Å². The van der Waals surface area contributed by atoms with Gasteiger partial charge in [-0.3, -0.25) is 4.79 Å². The molecule has 20 heavy (non-hydrogen) atoms. The van der Waals surface area contributed by atoms with Gasteiger partial charge in [0.2, 0.25) is 5.91 Å². The zero-order valence-electron chi connectivity index (χ0n) is 12.7. The van der Waals surface area contributed by atoms with Crippen LogP contribution >= 0.6 is 0 Å². The van der Waals surface area contributed by atoms with E-state index in [9.17, 15) is 4.79 Å². The third-order valence-electron chi connectivity index (χ3n) is 3.94. The number of nitrogens with one attached hydrogen (secondary N) is 1. The number of nitrogens with zero attached hydrogens (tertiary/aromatic N) is 1. The molecule has 0 spiro atoms. The summed E-state index contributed by atoms with van der Waals surface area (Å²) in [5, 5.41) is 2.88. The molecule has 1 aromatic heterocycles. The molecule has 0 aliphatic heterocycles. The molecule has 1 aromatic rings. The van der Waals surface area contributed by atoms with E-state index in [0.29, 0.717) is 17.5 Å². The van der Waals surface area contributed by atoms with Crippen LogP contribution in [-0.4, -0.2) is 18.0 Å². The van der Waals surface area contributed by atoms with Crippen LogP contribution in [0.5, 0.6) is 5.75 Å². The first kappa shape index (κ1) is 14.6. The second-order valence-electron chi connectivity index (χ2n) is 6.11. The van der Waals surface area contributed by atoms with Crippen LogP contribution in [0.3, 0.4) is 0 Å². The summed E-state index contributed by atoms with van der Waals surface area (Å²) in [4.78, 5) is 16.6. The number of aromatic nitrogens is 1. The quantitative estimate of drug-likeness (QED) is 0.857. The summed E-state index contributed by atoms with van der Waals surface area (Å²) in [6.45, 7) is 8.37. The molecule has 1 heterocycles. The molecule has 0 unspecified atom stereocenters. The summed E-state index contributed by atoms with van der Waals surface area (Å²) in [6, 6.07) is 3.57. The minimum atomic E-state index is -0.0101. The van der Waals surface area contributed by atoms with E-state index in [1.165, 1.54) is 5.57 Å². The van der Waals surface area contributed by atoms with E-state index < -0.39 is 0 Å². The van der Waals surface area contributed by atoms with E-state index in [1.54, 1.807) is 25.4 Å². The molecule has 0 radical (unpaired) electrons. The topological polar surface area (TPSA) is 51.2 Å². The number of hydrogen-bond acceptors (Lipinski definition) is 3. The molecule has 0 saturated heterocycles. The van der Waals surface area contributed by atoms with Crippen molar-refractivity contribution >= 4 is 11.7 Å². The lowest BCUT2D eigenvalue weighted by Crippen LogP contribution is -2.18. The molecule has 1 N–H and O–H groups in total. The van der Waals surface area contributed by atoms with Crippen molar-refractivity contribution in [3.05, 3.63) is 30.0 Å². The normalized spacial score (nSPS) is 22.9. The molecule has 1 saturated carbocycles. The Balaban J connectivity index is 2.12. The van der Waals surface area contributed by atoms with Gasteiger partial charge in [-0.05, 0) is 37.3 Å². The van der Waals surface area contributed by atoms with Crippen molar-refractivity contribution in [2.45, 2.75) is 27.7 Å². The monoisotopic (exact) mass is 274 g/mol. The molecular formula is C16H22N2O2. The number of ether oxygens (including phenoxy) is 1. The number of carbonyl (C=O) groups is 1. The molecule has 1 aliphatic rings. The van der Waals surface area contributed by atoms with Gasteiger partial charge in [0, 0.05) is 6.20 Å². The predicted octanol–water partition coefficient (Wildman–Crippen LogP) is 3.27. The lowest BCUT2D eigenvalue weighted by molar-refractivity contribution is -0.118. The van der Waals surface area contributed by atoms with Gasteiger partial charge in [0.05, 0.1) is 13.0 Å². The van der Waals surface area contributed by atoms with Crippen LogP contribution in [0.2, 0.25) is 0 Å². The zero-order chi connectivity index (χ0) is 14.9. The van der Waals surface area contributed by atoms with Gasteiger partial charge in [-0.25, -0.2) is 4.98 Å². The fourth-order valence-electron chi connectivity index (χ4n) is 2.69.